The third kappa shape index (κ3) is 4.60. The number of hydrogen-bond donors (Lipinski definition) is 3. The van der Waals surface area contributed by atoms with Crippen molar-refractivity contribution >= 4 is 5.91 Å². The minimum atomic E-state index is -0.459. The Morgan fingerprint density at radius 1 is 1.53 bits per heavy atom. The Bertz CT molecular complexity index is 278. The number of primary amides is 1. The first kappa shape index (κ1) is 11.7. The highest BCUT2D eigenvalue weighted by molar-refractivity contribution is 5.92. The van der Waals surface area contributed by atoms with Gasteiger partial charge < -0.3 is 11.1 Å². The molecule has 0 atom stereocenters. The predicted octanol–water partition coefficient (Wildman–Crippen LogP) is 0.515. The summed E-state index contributed by atoms with van der Waals surface area (Å²) in [5.74, 6) is 0.514. The first-order chi connectivity index (χ1) is 7.20. The van der Waals surface area contributed by atoms with E-state index < -0.39 is 5.91 Å². The third-order valence-electron chi connectivity index (χ3n) is 2.41. The number of hydrogen-bond acceptors (Lipinski definition) is 3. The maximum atomic E-state index is 10.2. The third-order valence-corrected chi connectivity index (χ3v) is 2.41. The highest BCUT2D eigenvalue weighted by Crippen LogP contribution is 2.08. The van der Waals surface area contributed by atoms with E-state index >= 15 is 0 Å². The number of carbonyl (C=O) groups is 1. The summed E-state index contributed by atoms with van der Waals surface area (Å²) in [7, 11) is 0. The molecule has 5 nitrogen and oxygen atoms in total. The first-order valence-electron chi connectivity index (χ1n) is 5.19. The van der Waals surface area contributed by atoms with Gasteiger partial charge in [0.25, 0.3) is 5.91 Å². The number of aromatic amines is 1. The largest absolute Gasteiger partial charge is 0.366 e. The number of nitrogens with two attached hydrogens (primary N) is 1. The van der Waals surface area contributed by atoms with E-state index in [1.165, 1.54) is 38.3 Å². The summed E-state index contributed by atoms with van der Waals surface area (Å²) in [5.41, 5.74) is 5.27. The summed E-state index contributed by atoms with van der Waals surface area (Å²) in [6.45, 7) is 4.79. The van der Waals surface area contributed by atoms with Gasteiger partial charge in [-0.2, -0.15) is 5.10 Å². The van der Waals surface area contributed by atoms with Crippen molar-refractivity contribution in [1.82, 2.24) is 15.5 Å². The molecule has 0 spiro atoms. The normalized spacial score (nSPS) is 16.6. The van der Waals surface area contributed by atoms with Crippen LogP contribution in [-0.2, 0) is 0 Å². The molecule has 4 N–H and O–H groups in total. The molecule has 1 aromatic rings. The van der Waals surface area contributed by atoms with E-state index in [9.17, 15) is 4.79 Å². The Morgan fingerprint density at radius 3 is 2.47 bits per heavy atom. The molecule has 1 amide bonds. The average Bonchev–Trinajstić information content (AvgIpc) is 2.72. The van der Waals surface area contributed by atoms with Gasteiger partial charge in [-0.1, -0.05) is 6.92 Å². The molecule has 0 aromatic carbocycles. The van der Waals surface area contributed by atoms with Crippen LogP contribution in [0.2, 0.25) is 0 Å². The quantitative estimate of drug-likeness (QED) is 0.631. The molecule has 1 aromatic heterocycles. The molecule has 5 heteroatoms. The Labute approximate surface area is 89.4 Å². The number of nitrogens with zero attached hydrogens (tertiary/aromatic N) is 1. The summed E-state index contributed by atoms with van der Waals surface area (Å²) in [4.78, 5) is 10.2. The maximum Gasteiger partial charge on any atom is 0.251 e. The van der Waals surface area contributed by atoms with E-state index in [-0.39, 0.29) is 0 Å². The Balaban J connectivity index is 0.000000151. The zero-order valence-corrected chi connectivity index (χ0v) is 8.99. The molecule has 15 heavy (non-hydrogen) atoms. The van der Waals surface area contributed by atoms with Gasteiger partial charge >= 0.3 is 0 Å². The van der Waals surface area contributed by atoms with Gasteiger partial charge in [0.15, 0.2) is 0 Å². The van der Waals surface area contributed by atoms with Gasteiger partial charge in [-0.3, -0.25) is 9.89 Å². The second kappa shape index (κ2) is 6.19. The molecule has 0 radical (unpaired) electrons. The van der Waals surface area contributed by atoms with Gasteiger partial charge in [-0.15, -0.1) is 0 Å². The summed E-state index contributed by atoms with van der Waals surface area (Å²) in [5, 5.41) is 9.29. The second-order valence-electron chi connectivity index (χ2n) is 3.78. The lowest BCUT2D eigenvalue weighted by Crippen LogP contribution is -2.26. The van der Waals surface area contributed by atoms with Crippen LogP contribution in [0.1, 0.15) is 30.1 Å². The second-order valence-corrected chi connectivity index (χ2v) is 3.78. The number of nitrogens with one attached hydrogen (secondary N) is 2. The van der Waals surface area contributed by atoms with Gasteiger partial charge in [0.05, 0.1) is 11.8 Å². The van der Waals surface area contributed by atoms with Crippen LogP contribution in [0.25, 0.3) is 0 Å². The van der Waals surface area contributed by atoms with Crippen LogP contribution in [0.5, 0.6) is 0 Å². The van der Waals surface area contributed by atoms with Crippen LogP contribution >= 0.6 is 0 Å². The Morgan fingerprint density at radius 2 is 2.20 bits per heavy atom. The van der Waals surface area contributed by atoms with Crippen molar-refractivity contribution in [1.29, 1.82) is 0 Å². The van der Waals surface area contributed by atoms with Crippen molar-refractivity contribution in [3.05, 3.63) is 18.0 Å². The van der Waals surface area contributed by atoms with Crippen LogP contribution in [0.15, 0.2) is 12.4 Å². The zero-order valence-electron chi connectivity index (χ0n) is 8.99. The summed E-state index contributed by atoms with van der Waals surface area (Å²) in [6, 6.07) is 0. The van der Waals surface area contributed by atoms with E-state index in [1.54, 1.807) is 0 Å². The molecule has 1 aliphatic rings. The molecule has 84 valence electrons. The highest BCUT2D eigenvalue weighted by atomic mass is 16.1. The van der Waals surface area contributed by atoms with Gasteiger partial charge in [-0.25, -0.2) is 0 Å². The highest BCUT2D eigenvalue weighted by Gasteiger charge is 2.05. The number of amides is 1. The average molecular weight is 210 g/mol. The molecule has 1 aliphatic heterocycles. The van der Waals surface area contributed by atoms with Gasteiger partial charge in [0.2, 0.25) is 0 Å². The number of carbonyl (C=O) groups excluding carboxylic acids is 1. The molecule has 2 heterocycles. The Kier molecular flexibility index (Phi) is 4.83. The molecule has 0 unspecified atom stereocenters. The standard InChI is InChI=1S/C6H13N.C4H5N3O/c1-6-2-4-7-5-3-6;5-4(8)3-1-6-7-2-3/h6-7H,2-5H2,1H3;1-2H,(H2,5,8)(H,6,7). The summed E-state index contributed by atoms with van der Waals surface area (Å²) < 4.78 is 0. The van der Waals surface area contributed by atoms with E-state index in [0.717, 1.165) is 5.92 Å². The van der Waals surface area contributed by atoms with Crippen molar-refractivity contribution in [2.45, 2.75) is 19.8 Å². The smallest absolute Gasteiger partial charge is 0.251 e. The van der Waals surface area contributed by atoms with Crippen LogP contribution in [0.3, 0.4) is 0 Å². The van der Waals surface area contributed by atoms with Crippen LogP contribution in [-0.4, -0.2) is 29.2 Å². The molecular weight excluding hydrogens is 192 g/mol. The summed E-state index contributed by atoms with van der Waals surface area (Å²) in [6.07, 6.45) is 5.57. The predicted molar refractivity (Wildman–Crippen MR) is 58.4 cm³/mol. The molecule has 2 rings (SSSR count). The van der Waals surface area contributed by atoms with Gasteiger partial charge in [0.1, 0.15) is 0 Å². The van der Waals surface area contributed by atoms with Crippen molar-refractivity contribution in [2.75, 3.05) is 13.1 Å². The number of aromatic nitrogens is 2. The molecule has 0 bridgehead atoms. The SMILES string of the molecule is CC1CCNCC1.NC(=O)c1cn[nH]c1. The number of rotatable bonds is 1. The fraction of sp³-hybridized carbons (Fsp3) is 0.600. The minimum absolute atomic E-state index is 0.407. The lowest BCUT2D eigenvalue weighted by molar-refractivity contribution is 0.100. The van der Waals surface area contributed by atoms with E-state index in [0.29, 0.717) is 5.56 Å². The van der Waals surface area contributed by atoms with E-state index in [2.05, 4.69) is 22.4 Å². The van der Waals surface area contributed by atoms with Gasteiger partial charge in [0, 0.05) is 6.20 Å². The van der Waals surface area contributed by atoms with E-state index in [1.807, 2.05) is 0 Å². The van der Waals surface area contributed by atoms with Crippen LogP contribution in [0, 0.1) is 5.92 Å². The zero-order chi connectivity index (χ0) is 11.1. The van der Waals surface area contributed by atoms with Crippen molar-refractivity contribution < 1.29 is 4.79 Å². The van der Waals surface area contributed by atoms with Crippen LogP contribution in [0.4, 0.5) is 0 Å². The maximum absolute atomic E-state index is 10.2. The number of H-pyrrole nitrogens is 1. The topological polar surface area (TPSA) is 83.8 Å². The fourth-order valence-corrected chi connectivity index (χ4v) is 1.35. The fourth-order valence-electron chi connectivity index (χ4n) is 1.35. The van der Waals surface area contributed by atoms with Crippen molar-refractivity contribution in [3.63, 3.8) is 0 Å². The molecule has 1 saturated heterocycles. The summed E-state index contributed by atoms with van der Waals surface area (Å²) >= 11 is 0. The van der Waals surface area contributed by atoms with Crippen molar-refractivity contribution in [2.24, 2.45) is 11.7 Å². The minimum Gasteiger partial charge on any atom is -0.366 e. The lowest BCUT2D eigenvalue weighted by Gasteiger charge is -2.17. The van der Waals surface area contributed by atoms with E-state index in [4.69, 9.17) is 5.73 Å². The Hall–Kier alpha value is -1.36. The van der Waals surface area contributed by atoms with Crippen LogP contribution < -0.4 is 11.1 Å². The molecule has 1 fully saturated rings. The monoisotopic (exact) mass is 210 g/mol. The molecule has 0 saturated carbocycles. The first-order valence-corrected chi connectivity index (χ1v) is 5.19. The molecular formula is C10H18N4O. The van der Waals surface area contributed by atoms with Crippen molar-refractivity contribution in [3.8, 4) is 0 Å². The lowest BCUT2D eigenvalue weighted by atomic mass is 10.0. The molecule has 0 aliphatic carbocycles. The van der Waals surface area contributed by atoms with Gasteiger partial charge in [-0.05, 0) is 31.8 Å². The number of piperidine rings is 1.